The number of nitrogens with zero attached hydrogens (tertiary/aromatic N) is 4. The van der Waals surface area contributed by atoms with Gasteiger partial charge in [-0.3, -0.25) is 0 Å². The number of morpholine rings is 1. The second kappa shape index (κ2) is 12.3. The van der Waals surface area contributed by atoms with Crippen molar-refractivity contribution in [1.82, 2.24) is 15.2 Å². The molecular weight excluding hydrogens is 545 g/mol. The number of halogens is 7. The van der Waals surface area contributed by atoms with Crippen LogP contribution in [0.4, 0.5) is 35.9 Å². The van der Waals surface area contributed by atoms with Gasteiger partial charge in [-0.15, -0.1) is 10.2 Å². The summed E-state index contributed by atoms with van der Waals surface area (Å²) in [6.07, 6.45) is -7.21. The summed E-state index contributed by atoms with van der Waals surface area (Å²) in [5, 5.41) is 24.5. The minimum Gasteiger partial charge on any atom is -0.475 e. The molecule has 1 saturated carbocycles. The van der Waals surface area contributed by atoms with Crippen molar-refractivity contribution in [2.45, 2.75) is 50.4 Å². The molecule has 3 heterocycles. The van der Waals surface area contributed by atoms with E-state index in [9.17, 15) is 30.7 Å². The molecule has 0 radical (unpaired) electrons. The van der Waals surface area contributed by atoms with Gasteiger partial charge in [-0.25, -0.2) is 19.0 Å². The van der Waals surface area contributed by atoms with Gasteiger partial charge in [0.1, 0.15) is 17.2 Å². The Labute approximate surface area is 207 Å². The highest BCUT2D eigenvalue weighted by molar-refractivity contribution is 7.15. The van der Waals surface area contributed by atoms with E-state index in [2.05, 4.69) is 20.1 Å². The number of hydrogen-bond acceptors (Lipinski definition) is 9. The molecule has 0 aromatic carbocycles. The number of alkyl halides is 6. The van der Waals surface area contributed by atoms with E-state index in [1.165, 1.54) is 12.3 Å². The van der Waals surface area contributed by atoms with Crippen molar-refractivity contribution >= 4 is 28.4 Å². The highest BCUT2D eigenvalue weighted by atomic mass is 32.1. The zero-order valence-electron chi connectivity index (χ0n) is 18.7. The maximum absolute atomic E-state index is 13.8. The van der Waals surface area contributed by atoms with Crippen molar-refractivity contribution in [2.24, 2.45) is 0 Å². The Morgan fingerprint density at radius 1 is 1.11 bits per heavy atom. The molecule has 1 saturated heterocycles. The molecule has 2 N–H and O–H groups in total. The Balaban J connectivity index is 0.000000286. The van der Waals surface area contributed by atoms with Crippen LogP contribution in [-0.4, -0.2) is 81.1 Å². The molecule has 2 aliphatic rings. The lowest BCUT2D eigenvalue weighted by Crippen LogP contribution is -2.52. The number of carboxylic acids is 2. The van der Waals surface area contributed by atoms with E-state index < -0.39 is 30.1 Å². The number of carboxylic acid groups (broad SMARTS) is 2. The minimum atomic E-state index is -5.08. The number of aliphatic carboxylic acids is 2. The topological polar surface area (TPSA) is 135 Å². The molecule has 10 nitrogen and oxygen atoms in total. The first-order chi connectivity index (χ1) is 17.1. The van der Waals surface area contributed by atoms with Crippen LogP contribution in [0.25, 0.3) is 0 Å². The lowest BCUT2D eigenvalue weighted by molar-refractivity contribution is -0.193. The van der Waals surface area contributed by atoms with Gasteiger partial charge in [0.25, 0.3) is 5.88 Å². The highest BCUT2D eigenvalue weighted by Crippen LogP contribution is 2.36. The predicted molar refractivity (Wildman–Crippen MR) is 111 cm³/mol. The number of aromatic nitrogens is 3. The van der Waals surface area contributed by atoms with Gasteiger partial charge < -0.3 is 24.6 Å². The third-order valence-corrected chi connectivity index (χ3v) is 5.65. The molecule has 18 heteroatoms. The lowest BCUT2D eigenvalue weighted by atomic mass is 10.1. The zero-order chi connectivity index (χ0) is 28.0. The second-order valence-corrected chi connectivity index (χ2v) is 8.49. The van der Waals surface area contributed by atoms with Gasteiger partial charge in [-0.2, -0.15) is 26.3 Å². The largest absolute Gasteiger partial charge is 0.490 e. The number of anilines is 1. The molecule has 3 atom stereocenters. The third kappa shape index (κ3) is 8.66. The van der Waals surface area contributed by atoms with Crippen LogP contribution in [-0.2, 0) is 14.3 Å². The fourth-order valence-electron chi connectivity index (χ4n) is 3.28. The van der Waals surface area contributed by atoms with Crippen molar-refractivity contribution in [1.29, 1.82) is 0 Å². The van der Waals surface area contributed by atoms with Crippen LogP contribution in [0.2, 0.25) is 0 Å². The molecule has 0 unspecified atom stereocenters. The van der Waals surface area contributed by atoms with Gasteiger partial charge >= 0.3 is 24.3 Å². The monoisotopic (exact) mass is 564 g/mol. The van der Waals surface area contributed by atoms with E-state index in [-0.39, 0.29) is 24.1 Å². The molecule has 2 aromatic rings. The second-order valence-electron chi connectivity index (χ2n) is 7.33. The van der Waals surface area contributed by atoms with Crippen LogP contribution in [0.15, 0.2) is 18.3 Å². The summed E-state index contributed by atoms with van der Waals surface area (Å²) >= 11 is 1.59. The fourth-order valence-corrected chi connectivity index (χ4v) is 4.05. The number of carbonyl (C=O) groups is 2. The molecular formula is C19H19F7N4O6S. The summed E-state index contributed by atoms with van der Waals surface area (Å²) in [7, 11) is 0. The van der Waals surface area contributed by atoms with Crippen LogP contribution < -0.4 is 9.64 Å². The van der Waals surface area contributed by atoms with Crippen molar-refractivity contribution in [3.05, 3.63) is 29.2 Å². The summed E-state index contributed by atoms with van der Waals surface area (Å²) in [5.41, 5.74) is 0. The van der Waals surface area contributed by atoms with E-state index in [1.807, 2.05) is 6.92 Å². The van der Waals surface area contributed by atoms with Crippen molar-refractivity contribution in [3.63, 3.8) is 0 Å². The van der Waals surface area contributed by atoms with E-state index in [1.54, 1.807) is 17.4 Å². The molecule has 2 fully saturated rings. The number of aryl methyl sites for hydroxylation is 1. The first-order valence-corrected chi connectivity index (χ1v) is 11.0. The number of pyridine rings is 1. The van der Waals surface area contributed by atoms with Gasteiger partial charge in [0.15, 0.2) is 5.82 Å². The summed E-state index contributed by atoms with van der Waals surface area (Å²) in [6, 6.07) is 3.09. The standard InChI is InChI=1S/C15H17FN4O2S.2C2HF3O2/c1-9-18-19-15(23-9)20-7-8-21-13-11(20)4-5-12(13)22-14-10(16)3-2-6-17-14;2*3-2(4,5)1(6)7/h2-3,6,11-13H,4-5,7-8H2,1H3;2*(H,6,7)/t11-,12+,13+;;/m0../s1. The first-order valence-electron chi connectivity index (χ1n) is 10.2. The smallest absolute Gasteiger partial charge is 0.475 e. The number of ether oxygens (including phenoxy) is 2. The molecule has 2 aromatic heterocycles. The van der Waals surface area contributed by atoms with Crippen LogP contribution in [0.1, 0.15) is 17.8 Å². The molecule has 37 heavy (non-hydrogen) atoms. The molecule has 0 amide bonds. The summed E-state index contributed by atoms with van der Waals surface area (Å²) in [4.78, 5) is 24.0. The average molecular weight is 564 g/mol. The Bertz CT molecular complexity index is 1040. The molecule has 1 aliphatic heterocycles. The van der Waals surface area contributed by atoms with Crippen LogP contribution in [0.5, 0.6) is 5.88 Å². The average Bonchev–Trinajstić information content (AvgIpc) is 3.41. The number of fused-ring (bicyclic) bond motifs is 1. The quantitative estimate of drug-likeness (QED) is 0.534. The highest BCUT2D eigenvalue weighted by Gasteiger charge is 2.45. The molecule has 4 rings (SSSR count). The first kappa shape index (κ1) is 29.9. The lowest BCUT2D eigenvalue weighted by Gasteiger charge is -2.38. The van der Waals surface area contributed by atoms with Gasteiger partial charge in [0, 0.05) is 12.7 Å². The molecule has 0 spiro atoms. The predicted octanol–water partition coefficient (Wildman–Crippen LogP) is 3.46. The third-order valence-electron chi connectivity index (χ3n) is 4.77. The molecule has 206 valence electrons. The minimum absolute atomic E-state index is 0.0469. The van der Waals surface area contributed by atoms with Gasteiger partial charge in [0.05, 0.1) is 12.6 Å². The van der Waals surface area contributed by atoms with Crippen LogP contribution in [0.3, 0.4) is 0 Å². The Morgan fingerprint density at radius 3 is 2.19 bits per heavy atom. The van der Waals surface area contributed by atoms with Gasteiger partial charge in [0.2, 0.25) is 5.13 Å². The fraction of sp³-hybridized carbons (Fsp3) is 0.526. The van der Waals surface area contributed by atoms with Gasteiger partial charge in [-0.1, -0.05) is 11.3 Å². The van der Waals surface area contributed by atoms with Crippen molar-refractivity contribution < 1.29 is 60.0 Å². The normalized spacial score (nSPS) is 21.1. The van der Waals surface area contributed by atoms with Crippen molar-refractivity contribution in [2.75, 3.05) is 18.1 Å². The zero-order valence-corrected chi connectivity index (χ0v) is 19.5. The van der Waals surface area contributed by atoms with Crippen molar-refractivity contribution in [3.8, 4) is 5.88 Å². The van der Waals surface area contributed by atoms with E-state index in [4.69, 9.17) is 29.3 Å². The maximum Gasteiger partial charge on any atom is 0.490 e. The summed E-state index contributed by atoms with van der Waals surface area (Å²) < 4.78 is 88.9. The number of rotatable bonds is 3. The molecule has 1 aliphatic carbocycles. The summed E-state index contributed by atoms with van der Waals surface area (Å²) in [5.74, 6) is -5.91. The van der Waals surface area contributed by atoms with Crippen LogP contribution in [0, 0.1) is 12.7 Å². The number of hydrogen-bond donors (Lipinski definition) is 2. The molecule has 0 bridgehead atoms. The Hall–Kier alpha value is -3.28. The van der Waals surface area contributed by atoms with Crippen LogP contribution >= 0.6 is 11.3 Å². The SMILES string of the molecule is Cc1nnc(N2CCO[C@H]3[C@H](Oc4ncccc4F)CC[C@@H]32)s1.O=C(O)C(F)(F)F.O=C(O)C(F)(F)F. The van der Waals surface area contributed by atoms with E-state index in [0.717, 1.165) is 29.5 Å². The summed E-state index contributed by atoms with van der Waals surface area (Å²) in [6.45, 7) is 3.34. The Morgan fingerprint density at radius 2 is 1.70 bits per heavy atom. The Kier molecular flexibility index (Phi) is 9.96. The van der Waals surface area contributed by atoms with E-state index >= 15 is 0 Å². The maximum atomic E-state index is 13.8. The van der Waals surface area contributed by atoms with E-state index in [0.29, 0.717) is 6.61 Å². The van der Waals surface area contributed by atoms with Gasteiger partial charge in [-0.05, 0) is 31.9 Å².